The molecule has 1 rings (SSSR count). The van der Waals surface area contributed by atoms with Gasteiger partial charge in [0.15, 0.2) is 0 Å². The lowest BCUT2D eigenvalue weighted by Gasteiger charge is -2.21. The minimum Gasteiger partial charge on any atom is -0.379 e. The standard InChI is InChI=1S/C6H13NO2/c1-5-3-9-4-7(5)6(2)8/h5-6,8H,3-4H2,1-2H3. The first-order chi connectivity index (χ1) is 4.22. The lowest BCUT2D eigenvalue weighted by Crippen LogP contribution is -2.36. The molecule has 0 aromatic carbocycles. The van der Waals surface area contributed by atoms with Gasteiger partial charge >= 0.3 is 0 Å². The molecule has 2 atom stereocenters. The van der Waals surface area contributed by atoms with Gasteiger partial charge in [-0.25, -0.2) is 0 Å². The van der Waals surface area contributed by atoms with E-state index < -0.39 is 0 Å². The third-order valence-electron chi connectivity index (χ3n) is 1.65. The van der Waals surface area contributed by atoms with Crippen molar-refractivity contribution in [3.63, 3.8) is 0 Å². The molecule has 2 unspecified atom stereocenters. The van der Waals surface area contributed by atoms with E-state index in [-0.39, 0.29) is 6.23 Å². The van der Waals surface area contributed by atoms with Crippen molar-refractivity contribution in [1.82, 2.24) is 4.90 Å². The zero-order chi connectivity index (χ0) is 6.85. The van der Waals surface area contributed by atoms with Crippen LogP contribution in [-0.4, -0.2) is 35.6 Å². The molecule has 0 bridgehead atoms. The van der Waals surface area contributed by atoms with Gasteiger partial charge in [0, 0.05) is 6.04 Å². The summed E-state index contributed by atoms with van der Waals surface area (Å²) < 4.78 is 5.10. The zero-order valence-corrected chi connectivity index (χ0v) is 5.87. The van der Waals surface area contributed by atoms with Crippen LogP contribution in [0.5, 0.6) is 0 Å². The number of aliphatic hydroxyl groups is 1. The first-order valence-electron chi connectivity index (χ1n) is 3.23. The van der Waals surface area contributed by atoms with Crippen LogP contribution in [0.25, 0.3) is 0 Å². The third-order valence-corrected chi connectivity index (χ3v) is 1.65. The van der Waals surface area contributed by atoms with E-state index in [2.05, 4.69) is 0 Å². The molecule has 1 N–H and O–H groups in total. The predicted molar refractivity (Wildman–Crippen MR) is 33.8 cm³/mol. The molecule has 0 aromatic heterocycles. The molecule has 3 nitrogen and oxygen atoms in total. The van der Waals surface area contributed by atoms with Crippen LogP contribution in [0.4, 0.5) is 0 Å². The average Bonchev–Trinajstić information content (AvgIpc) is 2.13. The van der Waals surface area contributed by atoms with Gasteiger partial charge in [0.2, 0.25) is 0 Å². The quantitative estimate of drug-likeness (QED) is 0.544. The Kier molecular flexibility index (Phi) is 2.05. The van der Waals surface area contributed by atoms with E-state index in [1.807, 2.05) is 11.8 Å². The lowest BCUT2D eigenvalue weighted by atomic mass is 10.3. The van der Waals surface area contributed by atoms with E-state index in [0.29, 0.717) is 12.8 Å². The molecule has 1 saturated heterocycles. The molecule has 1 heterocycles. The van der Waals surface area contributed by atoms with E-state index >= 15 is 0 Å². The summed E-state index contributed by atoms with van der Waals surface area (Å²) in [5.41, 5.74) is 0. The Balaban J connectivity index is 2.40. The summed E-state index contributed by atoms with van der Waals surface area (Å²) in [5.74, 6) is 0. The highest BCUT2D eigenvalue weighted by Gasteiger charge is 2.23. The van der Waals surface area contributed by atoms with Crippen LogP contribution in [0, 0.1) is 0 Å². The monoisotopic (exact) mass is 131 g/mol. The number of hydrogen-bond donors (Lipinski definition) is 1. The van der Waals surface area contributed by atoms with E-state index in [4.69, 9.17) is 9.84 Å². The smallest absolute Gasteiger partial charge is 0.106 e. The predicted octanol–water partition coefficient (Wildman–Crippen LogP) is 0.00290. The first-order valence-corrected chi connectivity index (χ1v) is 3.23. The molecule has 1 aliphatic rings. The molecule has 0 spiro atoms. The van der Waals surface area contributed by atoms with Crippen molar-refractivity contribution in [2.24, 2.45) is 0 Å². The van der Waals surface area contributed by atoms with Crippen LogP contribution < -0.4 is 0 Å². The Morgan fingerprint density at radius 2 is 2.44 bits per heavy atom. The fourth-order valence-corrected chi connectivity index (χ4v) is 1.03. The Bertz CT molecular complexity index is 95.1. The van der Waals surface area contributed by atoms with Crippen LogP contribution in [0.1, 0.15) is 13.8 Å². The summed E-state index contributed by atoms with van der Waals surface area (Å²) in [4.78, 5) is 1.90. The fraction of sp³-hybridized carbons (Fsp3) is 1.00. The van der Waals surface area contributed by atoms with E-state index in [9.17, 15) is 0 Å². The topological polar surface area (TPSA) is 32.7 Å². The van der Waals surface area contributed by atoms with Crippen molar-refractivity contribution in [1.29, 1.82) is 0 Å². The zero-order valence-electron chi connectivity index (χ0n) is 5.87. The van der Waals surface area contributed by atoms with Gasteiger partial charge in [-0.15, -0.1) is 0 Å². The maximum absolute atomic E-state index is 9.07. The molecule has 3 heteroatoms. The largest absolute Gasteiger partial charge is 0.379 e. The Labute approximate surface area is 55.2 Å². The minimum atomic E-state index is -0.373. The molecule has 0 aromatic rings. The van der Waals surface area contributed by atoms with Crippen molar-refractivity contribution in [2.45, 2.75) is 26.1 Å². The number of hydrogen-bond acceptors (Lipinski definition) is 3. The first kappa shape index (κ1) is 6.99. The Morgan fingerprint density at radius 1 is 1.78 bits per heavy atom. The van der Waals surface area contributed by atoms with Gasteiger partial charge in [0.1, 0.15) is 13.0 Å². The Morgan fingerprint density at radius 3 is 2.67 bits per heavy atom. The maximum atomic E-state index is 9.07. The van der Waals surface area contributed by atoms with E-state index in [1.165, 1.54) is 0 Å². The van der Waals surface area contributed by atoms with Gasteiger partial charge in [0.25, 0.3) is 0 Å². The van der Waals surface area contributed by atoms with Crippen LogP contribution >= 0.6 is 0 Å². The second-order valence-electron chi connectivity index (χ2n) is 2.49. The van der Waals surface area contributed by atoms with Gasteiger partial charge in [-0.05, 0) is 13.8 Å². The lowest BCUT2D eigenvalue weighted by molar-refractivity contribution is -0.00811. The van der Waals surface area contributed by atoms with E-state index in [0.717, 1.165) is 6.61 Å². The van der Waals surface area contributed by atoms with Crippen molar-refractivity contribution >= 4 is 0 Å². The molecule has 0 amide bonds. The second-order valence-corrected chi connectivity index (χ2v) is 2.49. The number of aliphatic hydroxyl groups excluding tert-OH is 1. The summed E-state index contributed by atoms with van der Waals surface area (Å²) in [6.07, 6.45) is -0.373. The number of ether oxygens (including phenoxy) is 1. The summed E-state index contributed by atoms with van der Waals surface area (Å²) in [6, 6.07) is 0.366. The molecule has 0 radical (unpaired) electrons. The van der Waals surface area contributed by atoms with Crippen LogP contribution in [0.2, 0.25) is 0 Å². The van der Waals surface area contributed by atoms with E-state index in [1.54, 1.807) is 6.92 Å². The van der Waals surface area contributed by atoms with Crippen molar-refractivity contribution < 1.29 is 9.84 Å². The second kappa shape index (κ2) is 2.64. The van der Waals surface area contributed by atoms with Crippen LogP contribution in [0.3, 0.4) is 0 Å². The van der Waals surface area contributed by atoms with Gasteiger partial charge in [0.05, 0.1) is 6.61 Å². The molecule has 0 aliphatic carbocycles. The highest BCUT2D eigenvalue weighted by atomic mass is 16.5. The molecular weight excluding hydrogens is 118 g/mol. The number of rotatable bonds is 1. The maximum Gasteiger partial charge on any atom is 0.106 e. The summed E-state index contributed by atoms with van der Waals surface area (Å²) in [7, 11) is 0. The molecule has 1 aliphatic heterocycles. The van der Waals surface area contributed by atoms with Gasteiger partial charge < -0.3 is 9.84 Å². The van der Waals surface area contributed by atoms with Crippen LogP contribution in [-0.2, 0) is 4.74 Å². The molecule has 1 fully saturated rings. The fourth-order valence-electron chi connectivity index (χ4n) is 1.03. The number of nitrogens with zero attached hydrogens (tertiary/aromatic N) is 1. The van der Waals surface area contributed by atoms with Crippen molar-refractivity contribution in [2.75, 3.05) is 13.3 Å². The Hall–Kier alpha value is -0.120. The van der Waals surface area contributed by atoms with Gasteiger partial charge in [-0.3, -0.25) is 4.90 Å². The summed E-state index contributed by atoms with van der Waals surface area (Å²) >= 11 is 0. The van der Waals surface area contributed by atoms with Crippen molar-refractivity contribution in [3.05, 3.63) is 0 Å². The molecule has 54 valence electrons. The third kappa shape index (κ3) is 1.41. The van der Waals surface area contributed by atoms with Gasteiger partial charge in [-0.1, -0.05) is 0 Å². The normalized spacial score (nSPS) is 33.0. The average molecular weight is 131 g/mol. The SMILES string of the molecule is CC(O)N1COCC1C. The highest BCUT2D eigenvalue weighted by molar-refractivity contribution is 4.69. The van der Waals surface area contributed by atoms with Crippen molar-refractivity contribution in [3.8, 4) is 0 Å². The van der Waals surface area contributed by atoms with Crippen LogP contribution in [0.15, 0.2) is 0 Å². The summed E-state index contributed by atoms with van der Waals surface area (Å²) in [5, 5.41) is 9.07. The molecule has 9 heavy (non-hydrogen) atoms. The van der Waals surface area contributed by atoms with Gasteiger partial charge in [-0.2, -0.15) is 0 Å². The highest BCUT2D eigenvalue weighted by Crippen LogP contribution is 2.10. The minimum absolute atomic E-state index is 0.366. The molecular formula is C6H13NO2. The summed E-state index contributed by atoms with van der Waals surface area (Å²) in [6.45, 7) is 5.11. The molecule has 0 saturated carbocycles.